The van der Waals surface area contributed by atoms with Gasteiger partial charge < -0.3 is 0 Å². The molecular weight excluding hydrogens is 210 g/mol. The van der Waals surface area contributed by atoms with Crippen LogP contribution in [0.2, 0.25) is 0 Å². The van der Waals surface area contributed by atoms with Gasteiger partial charge in [-0.05, 0) is 29.3 Å². The van der Waals surface area contributed by atoms with Crippen molar-refractivity contribution in [2.24, 2.45) is 5.92 Å². The Kier molecular flexibility index (Phi) is 4.78. The topological polar surface area (TPSA) is 38.3 Å². The Morgan fingerprint density at radius 1 is 1.60 bits per heavy atom. The minimum atomic E-state index is -0.137. The standard InChI is InChI=1S/C11H17NO2S/c1-4-9-5-6-15-10(9)11(13)12-14-7-8(2)3/h5-6,8H,4,7H2,1-3H3,(H,12,13). The quantitative estimate of drug-likeness (QED) is 0.785. The van der Waals surface area contributed by atoms with E-state index >= 15 is 0 Å². The van der Waals surface area contributed by atoms with Gasteiger partial charge in [0.25, 0.3) is 5.91 Å². The first-order valence-electron chi connectivity index (χ1n) is 5.13. The van der Waals surface area contributed by atoms with E-state index in [9.17, 15) is 4.79 Å². The number of carbonyl (C=O) groups is 1. The van der Waals surface area contributed by atoms with Crippen molar-refractivity contribution in [1.82, 2.24) is 5.48 Å². The first-order valence-corrected chi connectivity index (χ1v) is 6.01. The molecule has 0 aliphatic heterocycles. The molecule has 0 unspecified atom stereocenters. The van der Waals surface area contributed by atoms with Crippen LogP contribution in [0.25, 0.3) is 0 Å². The maximum Gasteiger partial charge on any atom is 0.285 e. The van der Waals surface area contributed by atoms with Crippen molar-refractivity contribution >= 4 is 17.2 Å². The molecule has 0 bridgehead atoms. The Labute approximate surface area is 94.4 Å². The van der Waals surface area contributed by atoms with Gasteiger partial charge in [-0.2, -0.15) is 0 Å². The maximum atomic E-state index is 11.6. The molecule has 1 amide bonds. The van der Waals surface area contributed by atoms with Crippen molar-refractivity contribution in [1.29, 1.82) is 0 Å². The number of hydroxylamine groups is 1. The molecule has 0 spiro atoms. The highest BCUT2D eigenvalue weighted by Gasteiger charge is 2.11. The van der Waals surface area contributed by atoms with Crippen molar-refractivity contribution in [3.05, 3.63) is 21.9 Å². The van der Waals surface area contributed by atoms with Crippen LogP contribution < -0.4 is 5.48 Å². The number of aryl methyl sites for hydroxylation is 1. The third-order valence-corrected chi connectivity index (χ3v) is 2.87. The van der Waals surface area contributed by atoms with Gasteiger partial charge in [-0.3, -0.25) is 9.63 Å². The monoisotopic (exact) mass is 227 g/mol. The van der Waals surface area contributed by atoms with E-state index in [2.05, 4.69) is 5.48 Å². The van der Waals surface area contributed by atoms with Crippen LogP contribution in [0.4, 0.5) is 0 Å². The van der Waals surface area contributed by atoms with Gasteiger partial charge >= 0.3 is 0 Å². The Morgan fingerprint density at radius 3 is 2.93 bits per heavy atom. The van der Waals surface area contributed by atoms with Gasteiger partial charge in [0.1, 0.15) is 0 Å². The van der Waals surface area contributed by atoms with Crippen LogP contribution in [0, 0.1) is 5.92 Å². The van der Waals surface area contributed by atoms with Gasteiger partial charge in [0.05, 0.1) is 11.5 Å². The molecule has 84 valence electrons. The average Bonchev–Trinajstić information content (AvgIpc) is 2.64. The molecule has 0 radical (unpaired) electrons. The fraction of sp³-hybridized carbons (Fsp3) is 0.545. The second-order valence-corrected chi connectivity index (χ2v) is 4.68. The summed E-state index contributed by atoms with van der Waals surface area (Å²) in [6.45, 7) is 6.65. The molecule has 1 heterocycles. The zero-order valence-corrected chi connectivity index (χ0v) is 10.2. The van der Waals surface area contributed by atoms with Crippen LogP contribution in [0.3, 0.4) is 0 Å². The lowest BCUT2D eigenvalue weighted by atomic mass is 10.2. The summed E-state index contributed by atoms with van der Waals surface area (Å²) in [6, 6.07) is 1.97. The number of carbonyl (C=O) groups excluding carboxylic acids is 1. The third kappa shape index (κ3) is 3.64. The van der Waals surface area contributed by atoms with Gasteiger partial charge in [-0.25, -0.2) is 5.48 Å². The zero-order chi connectivity index (χ0) is 11.3. The van der Waals surface area contributed by atoms with Gasteiger partial charge in [0.15, 0.2) is 0 Å². The minimum absolute atomic E-state index is 0.137. The molecule has 4 heteroatoms. The van der Waals surface area contributed by atoms with Crippen molar-refractivity contribution in [3.63, 3.8) is 0 Å². The smallest absolute Gasteiger partial charge is 0.273 e. The fourth-order valence-corrected chi connectivity index (χ4v) is 2.01. The molecule has 3 nitrogen and oxygen atoms in total. The fourth-order valence-electron chi connectivity index (χ4n) is 1.13. The van der Waals surface area contributed by atoms with E-state index in [1.165, 1.54) is 11.3 Å². The summed E-state index contributed by atoms with van der Waals surface area (Å²) in [5.41, 5.74) is 3.54. The van der Waals surface area contributed by atoms with E-state index in [4.69, 9.17) is 4.84 Å². The molecule has 0 saturated carbocycles. The van der Waals surface area contributed by atoms with Crippen molar-refractivity contribution in [3.8, 4) is 0 Å². The summed E-state index contributed by atoms with van der Waals surface area (Å²) in [5.74, 6) is 0.279. The number of amides is 1. The third-order valence-electron chi connectivity index (χ3n) is 1.92. The molecule has 1 aromatic heterocycles. The zero-order valence-electron chi connectivity index (χ0n) is 9.37. The Balaban J connectivity index is 2.47. The highest BCUT2D eigenvalue weighted by molar-refractivity contribution is 7.12. The number of hydrogen-bond donors (Lipinski definition) is 1. The number of nitrogens with one attached hydrogen (secondary N) is 1. The van der Waals surface area contributed by atoms with Gasteiger partial charge in [0.2, 0.25) is 0 Å². The predicted octanol–water partition coefficient (Wildman–Crippen LogP) is 2.63. The van der Waals surface area contributed by atoms with Crippen LogP contribution in [0.1, 0.15) is 36.0 Å². The lowest BCUT2D eigenvalue weighted by Gasteiger charge is -2.07. The van der Waals surface area contributed by atoms with Crippen molar-refractivity contribution < 1.29 is 9.63 Å². The second-order valence-electron chi connectivity index (χ2n) is 3.76. The Morgan fingerprint density at radius 2 is 2.33 bits per heavy atom. The molecule has 15 heavy (non-hydrogen) atoms. The summed E-state index contributed by atoms with van der Waals surface area (Å²) in [6.07, 6.45) is 0.871. The molecule has 0 atom stereocenters. The predicted molar refractivity (Wildman–Crippen MR) is 62.0 cm³/mol. The summed E-state index contributed by atoms with van der Waals surface area (Å²) in [5, 5.41) is 1.93. The Hall–Kier alpha value is -0.870. The van der Waals surface area contributed by atoms with Crippen molar-refractivity contribution in [2.75, 3.05) is 6.61 Å². The average molecular weight is 227 g/mol. The minimum Gasteiger partial charge on any atom is -0.273 e. The van der Waals surface area contributed by atoms with E-state index in [0.717, 1.165) is 16.9 Å². The largest absolute Gasteiger partial charge is 0.285 e. The first-order chi connectivity index (χ1) is 7.15. The first kappa shape index (κ1) is 12.2. The molecule has 0 aromatic carbocycles. The number of rotatable bonds is 5. The normalized spacial score (nSPS) is 10.7. The molecular formula is C11H17NO2S. The molecule has 0 aliphatic rings. The molecule has 0 saturated heterocycles. The molecule has 0 aliphatic carbocycles. The summed E-state index contributed by atoms with van der Waals surface area (Å²) >= 11 is 1.45. The summed E-state index contributed by atoms with van der Waals surface area (Å²) < 4.78 is 0. The number of thiophene rings is 1. The number of hydrogen-bond acceptors (Lipinski definition) is 3. The van der Waals surface area contributed by atoms with Crippen LogP contribution in [-0.4, -0.2) is 12.5 Å². The molecule has 0 fully saturated rings. The second kappa shape index (κ2) is 5.88. The van der Waals surface area contributed by atoms with E-state index in [0.29, 0.717) is 12.5 Å². The lowest BCUT2D eigenvalue weighted by Crippen LogP contribution is -2.25. The van der Waals surface area contributed by atoms with Gasteiger partial charge in [0, 0.05) is 0 Å². The molecule has 1 N–H and O–H groups in total. The summed E-state index contributed by atoms with van der Waals surface area (Å²) in [7, 11) is 0. The maximum absolute atomic E-state index is 11.6. The van der Waals surface area contributed by atoms with Crippen LogP contribution in [-0.2, 0) is 11.3 Å². The molecule has 1 rings (SSSR count). The van der Waals surface area contributed by atoms with Gasteiger partial charge in [-0.15, -0.1) is 11.3 Å². The van der Waals surface area contributed by atoms with E-state index in [-0.39, 0.29) is 5.91 Å². The lowest BCUT2D eigenvalue weighted by molar-refractivity contribution is 0.0211. The van der Waals surface area contributed by atoms with Gasteiger partial charge in [-0.1, -0.05) is 20.8 Å². The highest BCUT2D eigenvalue weighted by Crippen LogP contribution is 2.16. The van der Waals surface area contributed by atoms with Crippen LogP contribution >= 0.6 is 11.3 Å². The van der Waals surface area contributed by atoms with Crippen LogP contribution in [0.5, 0.6) is 0 Å². The van der Waals surface area contributed by atoms with E-state index < -0.39 is 0 Å². The SMILES string of the molecule is CCc1ccsc1C(=O)NOCC(C)C. The van der Waals surface area contributed by atoms with Crippen LogP contribution in [0.15, 0.2) is 11.4 Å². The van der Waals surface area contributed by atoms with Crippen molar-refractivity contribution in [2.45, 2.75) is 27.2 Å². The van der Waals surface area contributed by atoms with E-state index in [1.54, 1.807) is 0 Å². The van der Waals surface area contributed by atoms with E-state index in [1.807, 2.05) is 32.2 Å². The highest BCUT2D eigenvalue weighted by atomic mass is 32.1. The summed E-state index contributed by atoms with van der Waals surface area (Å²) in [4.78, 5) is 17.5. The Bertz CT molecular complexity index is 320. The molecule has 1 aromatic rings.